The van der Waals surface area contributed by atoms with Gasteiger partial charge in [0.1, 0.15) is 0 Å². The number of rotatable bonds is 2. The van der Waals surface area contributed by atoms with Crippen LogP contribution in [0.1, 0.15) is 12.8 Å². The molecule has 62 valence electrons. The van der Waals surface area contributed by atoms with Gasteiger partial charge in [-0.1, -0.05) is 0 Å². The lowest BCUT2D eigenvalue weighted by atomic mass is 9.99. The molecule has 11 heavy (non-hydrogen) atoms. The van der Waals surface area contributed by atoms with Crippen LogP contribution in [0.5, 0.6) is 0 Å². The van der Waals surface area contributed by atoms with Crippen LogP contribution in [0.4, 0.5) is 0 Å². The topological polar surface area (TPSA) is 47.3 Å². The molecule has 0 aromatic carbocycles. The molecule has 1 fully saturated rings. The Morgan fingerprint density at radius 2 is 2.45 bits per heavy atom. The Kier molecular flexibility index (Phi) is 3.34. The maximum absolute atomic E-state index is 8.87. The number of aliphatic hydroxyl groups excluding tert-OH is 1. The van der Waals surface area contributed by atoms with Crippen molar-refractivity contribution in [1.29, 1.82) is 5.26 Å². The van der Waals surface area contributed by atoms with E-state index < -0.39 is 0 Å². The molecule has 0 bridgehead atoms. The second-order valence-corrected chi connectivity index (χ2v) is 3.08. The van der Waals surface area contributed by atoms with E-state index in [4.69, 9.17) is 10.4 Å². The SMILES string of the molecule is N#CCN1CCC[C@H](CO)C1. The molecule has 0 aromatic rings. The van der Waals surface area contributed by atoms with E-state index in [0.29, 0.717) is 12.5 Å². The van der Waals surface area contributed by atoms with E-state index in [-0.39, 0.29) is 6.61 Å². The first-order chi connectivity index (χ1) is 5.36. The van der Waals surface area contributed by atoms with Crippen molar-refractivity contribution < 1.29 is 5.11 Å². The molecule has 0 spiro atoms. The Morgan fingerprint density at radius 1 is 1.64 bits per heavy atom. The average molecular weight is 154 g/mol. The number of hydrogen-bond donors (Lipinski definition) is 1. The van der Waals surface area contributed by atoms with Gasteiger partial charge in [-0.25, -0.2) is 0 Å². The Balaban J connectivity index is 2.28. The van der Waals surface area contributed by atoms with Crippen LogP contribution in [0.3, 0.4) is 0 Å². The molecular weight excluding hydrogens is 140 g/mol. The maximum atomic E-state index is 8.87. The fraction of sp³-hybridized carbons (Fsp3) is 0.875. The van der Waals surface area contributed by atoms with Gasteiger partial charge in [0.05, 0.1) is 12.6 Å². The Hall–Kier alpha value is -0.590. The third-order valence-corrected chi connectivity index (χ3v) is 2.16. The largest absolute Gasteiger partial charge is 0.396 e. The molecule has 1 aliphatic heterocycles. The molecule has 1 atom stereocenters. The summed E-state index contributed by atoms with van der Waals surface area (Å²) < 4.78 is 0. The standard InChI is InChI=1S/C8H14N2O/c9-3-5-10-4-1-2-8(6-10)7-11/h8,11H,1-2,4-7H2/t8-/m0/s1. The zero-order valence-electron chi connectivity index (χ0n) is 6.66. The van der Waals surface area contributed by atoms with Crippen LogP contribution in [0, 0.1) is 17.2 Å². The van der Waals surface area contributed by atoms with Crippen molar-refractivity contribution in [3.8, 4) is 6.07 Å². The molecule has 1 saturated heterocycles. The predicted molar refractivity (Wildman–Crippen MR) is 41.9 cm³/mol. The minimum atomic E-state index is 0.266. The first-order valence-corrected chi connectivity index (χ1v) is 4.07. The highest BCUT2D eigenvalue weighted by Gasteiger charge is 2.17. The van der Waals surface area contributed by atoms with Crippen molar-refractivity contribution in [3.05, 3.63) is 0 Å². The highest BCUT2D eigenvalue weighted by molar-refractivity contribution is 4.80. The first-order valence-electron chi connectivity index (χ1n) is 4.07. The van der Waals surface area contributed by atoms with E-state index in [1.54, 1.807) is 0 Å². The molecule has 0 aliphatic carbocycles. The zero-order valence-corrected chi connectivity index (χ0v) is 6.66. The zero-order chi connectivity index (χ0) is 8.10. The van der Waals surface area contributed by atoms with Gasteiger partial charge in [0.25, 0.3) is 0 Å². The quantitative estimate of drug-likeness (QED) is 0.578. The van der Waals surface area contributed by atoms with Gasteiger partial charge in [-0.2, -0.15) is 5.26 Å². The Bertz CT molecular complexity index is 153. The number of aliphatic hydroxyl groups is 1. The van der Waals surface area contributed by atoms with Crippen LogP contribution in [0.15, 0.2) is 0 Å². The van der Waals surface area contributed by atoms with Crippen molar-refractivity contribution in [2.75, 3.05) is 26.2 Å². The highest BCUT2D eigenvalue weighted by Crippen LogP contribution is 2.14. The number of likely N-dealkylation sites (tertiary alicyclic amines) is 1. The molecule has 0 amide bonds. The third-order valence-electron chi connectivity index (χ3n) is 2.16. The normalized spacial score (nSPS) is 26.4. The predicted octanol–water partition coefficient (Wildman–Crippen LogP) is 0.214. The molecule has 0 saturated carbocycles. The third kappa shape index (κ3) is 2.49. The van der Waals surface area contributed by atoms with Gasteiger partial charge in [-0.3, -0.25) is 4.90 Å². The van der Waals surface area contributed by atoms with E-state index in [1.807, 2.05) is 0 Å². The second-order valence-electron chi connectivity index (χ2n) is 3.08. The number of hydrogen-bond acceptors (Lipinski definition) is 3. The van der Waals surface area contributed by atoms with Gasteiger partial charge in [-0.05, 0) is 25.3 Å². The lowest BCUT2D eigenvalue weighted by Gasteiger charge is -2.29. The number of nitrogens with zero attached hydrogens (tertiary/aromatic N) is 2. The van der Waals surface area contributed by atoms with Crippen molar-refractivity contribution in [2.24, 2.45) is 5.92 Å². The molecule has 3 heteroatoms. The van der Waals surface area contributed by atoms with Crippen molar-refractivity contribution in [1.82, 2.24) is 4.90 Å². The van der Waals surface area contributed by atoms with Gasteiger partial charge >= 0.3 is 0 Å². The van der Waals surface area contributed by atoms with Gasteiger partial charge < -0.3 is 5.11 Å². The average Bonchev–Trinajstić information content (AvgIpc) is 2.06. The summed E-state index contributed by atoms with van der Waals surface area (Å²) in [6.07, 6.45) is 2.23. The van der Waals surface area contributed by atoms with Crippen molar-refractivity contribution >= 4 is 0 Å². The minimum Gasteiger partial charge on any atom is -0.396 e. The molecule has 0 aromatic heterocycles. The summed E-state index contributed by atoms with van der Waals surface area (Å²) in [4.78, 5) is 2.10. The molecule has 0 unspecified atom stereocenters. The van der Waals surface area contributed by atoms with Gasteiger partial charge in [-0.15, -0.1) is 0 Å². The van der Waals surface area contributed by atoms with Gasteiger partial charge in [0.2, 0.25) is 0 Å². The van der Waals surface area contributed by atoms with Crippen LogP contribution in [-0.2, 0) is 0 Å². The maximum Gasteiger partial charge on any atom is 0.0866 e. The molecular formula is C8H14N2O. The van der Waals surface area contributed by atoms with Crippen molar-refractivity contribution in [2.45, 2.75) is 12.8 Å². The van der Waals surface area contributed by atoms with Gasteiger partial charge in [0.15, 0.2) is 0 Å². The van der Waals surface area contributed by atoms with E-state index in [1.165, 1.54) is 0 Å². The second kappa shape index (κ2) is 4.32. The van der Waals surface area contributed by atoms with E-state index >= 15 is 0 Å². The summed E-state index contributed by atoms with van der Waals surface area (Å²) in [7, 11) is 0. The summed E-state index contributed by atoms with van der Waals surface area (Å²) in [5.74, 6) is 0.400. The molecule has 0 radical (unpaired) electrons. The monoisotopic (exact) mass is 154 g/mol. The summed E-state index contributed by atoms with van der Waals surface area (Å²) in [6, 6.07) is 2.13. The van der Waals surface area contributed by atoms with Crippen LogP contribution < -0.4 is 0 Å². The fourth-order valence-corrected chi connectivity index (χ4v) is 1.54. The summed E-state index contributed by atoms with van der Waals surface area (Å²) >= 11 is 0. The van der Waals surface area contributed by atoms with Crippen LogP contribution in [-0.4, -0.2) is 36.2 Å². The van der Waals surface area contributed by atoms with E-state index in [0.717, 1.165) is 25.9 Å². The smallest absolute Gasteiger partial charge is 0.0866 e. The molecule has 1 heterocycles. The molecule has 1 N–H and O–H groups in total. The van der Waals surface area contributed by atoms with E-state index in [9.17, 15) is 0 Å². The summed E-state index contributed by atoms with van der Waals surface area (Å²) in [5.41, 5.74) is 0. The Morgan fingerprint density at radius 3 is 3.09 bits per heavy atom. The molecule has 1 aliphatic rings. The van der Waals surface area contributed by atoms with E-state index in [2.05, 4.69) is 11.0 Å². The van der Waals surface area contributed by atoms with Crippen molar-refractivity contribution in [3.63, 3.8) is 0 Å². The summed E-state index contributed by atoms with van der Waals surface area (Å²) in [6.45, 7) is 2.69. The van der Waals surface area contributed by atoms with Crippen LogP contribution in [0.25, 0.3) is 0 Å². The molecule has 1 rings (SSSR count). The number of piperidine rings is 1. The highest BCUT2D eigenvalue weighted by atomic mass is 16.3. The lowest BCUT2D eigenvalue weighted by Crippen LogP contribution is -2.36. The van der Waals surface area contributed by atoms with Crippen LogP contribution >= 0.6 is 0 Å². The lowest BCUT2D eigenvalue weighted by molar-refractivity contribution is 0.130. The van der Waals surface area contributed by atoms with Crippen LogP contribution in [0.2, 0.25) is 0 Å². The van der Waals surface area contributed by atoms with Gasteiger partial charge in [0, 0.05) is 13.2 Å². The number of nitriles is 1. The fourth-order valence-electron chi connectivity index (χ4n) is 1.54. The Labute approximate surface area is 67.2 Å². The molecule has 3 nitrogen and oxygen atoms in total. The minimum absolute atomic E-state index is 0.266. The first kappa shape index (κ1) is 8.51. The summed E-state index contributed by atoms with van der Waals surface area (Å²) in [5, 5.41) is 17.3.